The van der Waals surface area contributed by atoms with E-state index in [9.17, 15) is 9.90 Å². The van der Waals surface area contributed by atoms with Gasteiger partial charge in [0, 0.05) is 13.0 Å². The number of carboxylic acid groups (broad SMARTS) is 1. The molecule has 0 unspecified atom stereocenters. The van der Waals surface area contributed by atoms with E-state index in [2.05, 4.69) is 0 Å². The van der Waals surface area contributed by atoms with E-state index >= 15 is 0 Å². The monoisotopic (exact) mass is 210 g/mol. The molecule has 0 saturated heterocycles. The molecule has 0 aliphatic heterocycles. The number of hydrogen-bond donors (Lipinski definition) is 2. The third-order valence-electron chi connectivity index (χ3n) is 1.97. The van der Waals surface area contributed by atoms with Crippen molar-refractivity contribution >= 4 is 5.97 Å². The fourth-order valence-corrected chi connectivity index (χ4v) is 1.32. The second-order valence-electron chi connectivity index (χ2n) is 3.16. The molecule has 0 aliphatic rings. The van der Waals surface area contributed by atoms with Gasteiger partial charge in [-0.05, 0) is 24.6 Å². The van der Waals surface area contributed by atoms with Gasteiger partial charge in [0.05, 0.1) is 0 Å². The fourth-order valence-electron chi connectivity index (χ4n) is 1.32. The van der Waals surface area contributed by atoms with Crippen LogP contribution in [-0.2, 0) is 16.0 Å². The molecule has 1 aromatic rings. The maximum Gasteiger partial charge on any atom is 0.333 e. The van der Waals surface area contributed by atoms with Gasteiger partial charge in [0.2, 0.25) is 0 Å². The zero-order valence-corrected chi connectivity index (χ0v) is 8.51. The van der Waals surface area contributed by atoms with Crippen LogP contribution in [0.4, 0.5) is 0 Å². The lowest BCUT2D eigenvalue weighted by Gasteiger charge is -2.12. The zero-order chi connectivity index (χ0) is 11.3. The molecule has 4 nitrogen and oxygen atoms in total. The maximum atomic E-state index is 10.8. The third kappa shape index (κ3) is 3.59. The highest BCUT2D eigenvalue weighted by Crippen LogP contribution is 2.13. The highest BCUT2D eigenvalue weighted by atomic mass is 16.5. The molecular formula is C11H14O4. The lowest BCUT2D eigenvalue weighted by Crippen LogP contribution is -2.26. The largest absolute Gasteiger partial charge is 0.508 e. The number of carboxylic acids is 1. The van der Waals surface area contributed by atoms with E-state index in [0.717, 1.165) is 5.56 Å². The molecule has 0 amide bonds. The molecule has 0 saturated carbocycles. The number of ether oxygens (including phenoxy) is 1. The second kappa shape index (κ2) is 5.36. The summed E-state index contributed by atoms with van der Waals surface area (Å²) in [5.74, 6) is -0.853. The molecule has 0 heterocycles. The van der Waals surface area contributed by atoms with E-state index in [4.69, 9.17) is 9.84 Å². The van der Waals surface area contributed by atoms with E-state index in [1.807, 2.05) is 0 Å². The maximum absolute atomic E-state index is 10.8. The molecule has 1 aromatic carbocycles. The lowest BCUT2D eigenvalue weighted by atomic mass is 10.1. The quantitative estimate of drug-likeness (QED) is 0.771. The van der Waals surface area contributed by atoms with Crippen LogP contribution in [-0.4, -0.2) is 28.9 Å². The van der Waals surface area contributed by atoms with Gasteiger partial charge in [-0.25, -0.2) is 4.79 Å². The summed E-state index contributed by atoms with van der Waals surface area (Å²) in [6.45, 7) is 2.11. The molecule has 82 valence electrons. The molecule has 0 aromatic heterocycles. The Kier molecular flexibility index (Phi) is 4.12. The van der Waals surface area contributed by atoms with Crippen molar-refractivity contribution in [1.29, 1.82) is 0 Å². The predicted octanol–water partition coefficient (Wildman–Crippen LogP) is 1.42. The second-order valence-corrected chi connectivity index (χ2v) is 3.16. The van der Waals surface area contributed by atoms with Crippen molar-refractivity contribution in [2.45, 2.75) is 19.4 Å². The van der Waals surface area contributed by atoms with Gasteiger partial charge in [-0.2, -0.15) is 0 Å². The number of aromatic hydroxyl groups is 1. The average Bonchev–Trinajstić information content (AvgIpc) is 2.17. The topological polar surface area (TPSA) is 66.8 Å². The minimum Gasteiger partial charge on any atom is -0.508 e. The number of benzene rings is 1. The van der Waals surface area contributed by atoms with Gasteiger partial charge in [0.1, 0.15) is 5.75 Å². The van der Waals surface area contributed by atoms with Gasteiger partial charge in [-0.3, -0.25) is 0 Å². The summed E-state index contributed by atoms with van der Waals surface area (Å²) < 4.78 is 5.07. The van der Waals surface area contributed by atoms with Crippen LogP contribution < -0.4 is 0 Å². The van der Waals surface area contributed by atoms with Crippen molar-refractivity contribution in [3.63, 3.8) is 0 Å². The van der Waals surface area contributed by atoms with Crippen LogP contribution in [0.15, 0.2) is 24.3 Å². The van der Waals surface area contributed by atoms with Crippen LogP contribution in [0.2, 0.25) is 0 Å². The van der Waals surface area contributed by atoms with Gasteiger partial charge in [0.25, 0.3) is 0 Å². The third-order valence-corrected chi connectivity index (χ3v) is 1.97. The SMILES string of the molecule is CCO[C@H](Cc1cccc(O)c1)C(=O)O. The van der Waals surface area contributed by atoms with Crippen LogP contribution in [0.1, 0.15) is 12.5 Å². The minimum absolute atomic E-state index is 0.133. The van der Waals surface area contributed by atoms with Crippen molar-refractivity contribution in [2.75, 3.05) is 6.61 Å². The van der Waals surface area contributed by atoms with Crippen LogP contribution in [0.25, 0.3) is 0 Å². The Hall–Kier alpha value is -1.55. The highest BCUT2D eigenvalue weighted by Gasteiger charge is 2.17. The lowest BCUT2D eigenvalue weighted by molar-refractivity contribution is -0.149. The van der Waals surface area contributed by atoms with Gasteiger partial charge < -0.3 is 14.9 Å². The molecule has 0 aliphatic carbocycles. The van der Waals surface area contributed by atoms with E-state index in [1.54, 1.807) is 25.1 Å². The number of phenolic OH excluding ortho intramolecular Hbond substituents is 1. The fraction of sp³-hybridized carbons (Fsp3) is 0.364. The Labute approximate surface area is 88.1 Å². The first-order valence-electron chi connectivity index (χ1n) is 4.75. The van der Waals surface area contributed by atoms with Gasteiger partial charge in [0.15, 0.2) is 6.10 Å². The molecule has 0 bridgehead atoms. The minimum atomic E-state index is -0.986. The van der Waals surface area contributed by atoms with Crippen molar-refractivity contribution in [1.82, 2.24) is 0 Å². The molecule has 0 fully saturated rings. The Bertz CT molecular complexity index is 335. The number of rotatable bonds is 5. The summed E-state index contributed by atoms with van der Waals surface area (Å²) in [4.78, 5) is 10.8. The summed E-state index contributed by atoms with van der Waals surface area (Å²) >= 11 is 0. The Morgan fingerprint density at radius 2 is 2.27 bits per heavy atom. The summed E-state index contributed by atoms with van der Waals surface area (Å²) in [5.41, 5.74) is 0.746. The molecular weight excluding hydrogens is 196 g/mol. The molecule has 2 N–H and O–H groups in total. The van der Waals surface area contributed by atoms with E-state index in [0.29, 0.717) is 6.61 Å². The average molecular weight is 210 g/mol. The molecule has 4 heteroatoms. The van der Waals surface area contributed by atoms with Crippen LogP contribution in [0.3, 0.4) is 0 Å². The number of phenols is 1. The molecule has 1 rings (SSSR count). The zero-order valence-electron chi connectivity index (χ0n) is 8.51. The molecule has 0 radical (unpaired) electrons. The Morgan fingerprint density at radius 1 is 1.53 bits per heavy atom. The molecule has 15 heavy (non-hydrogen) atoms. The van der Waals surface area contributed by atoms with Gasteiger partial charge in [-0.15, -0.1) is 0 Å². The normalized spacial score (nSPS) is 12.3. The van der Waals surface area contributed by atoms with Crippen molar-refractivity contribution in [3.8, 4) is 5.75 Å². The molecule has 1 atom stereocenters. The van der Waals surface area contributed by atoms with E-state index < -0.39 is 12.1 Å². The summed E-state index contributed by atoms with van der Waals surface area (Å²) in [6, 6.07) is 6.51. The Morgan fingerprint density at radius 3 is 2.80 bits per heavy atom. The van der Waals surface area contributed by atoms with Gasteiger partial charge in [-0.1, -0.05) is 12.1 Å². The van der Waals surface area contributed by atoms with Crippen LogP contribution in [0.5, 0.6) is 5.75 Å². The van der Waals surface area contributed by atoms with Crippen molar-refractivity contribution in [3.05, 3.63) is 29.8 Å². The number of carbonyl (C=O) groups is 1. The van der Waals surface area contributed by atoms with Crippen LogP contribution >= 0.6 is 0 Å². The van der Waals surface area contributed by atoms with Crippen molar-refractivity contribution in [2.24, 2.45) is 0 Å². The van der Waals surface area contributed by atoms with E-state index in [-0.39, 0.29) is 12.2 Å². The first kappa shape index (κ1) is 11.5. The van der Waals surface area contributed by atoms with Crippen molar-refractivity contribution < 1.29 is 19.7 Å². The summed E-state index contributed by atoms with van der Waals surface area (Å²) in [7, 11) is 0. The van der Waals surface area contributed by atoms with Gasteiger partial charge >= 0.3 is 5.97 Å². The number of hydrogen-bond acceptors (Lipinski definition) is 3. The van der Waals surface area contributed by atoms with Crippen LogP contribution in [0, 0.1) is 0 Å². The van der Waals surface area contributed by atoms with E-state index in [1.165, 1.54) is 6.07 Å². The predicted molar refractivity (Wildman–Crippen MR) is 54.9 cm³/mol. The standard InChI is InChI=1S/C11H14O4/c1-2-15-10(11(13)14)7-8-4-3-5-9(12)6-8/h3-6,10,12H,2,7H2,1H3,(H,13,14)/t10-/m1/s1. The summed E-state index contributed by atoms with van der Waals surface area (Å²) in [6.07, 6.45) is -0.589. The first-order chi connectivity index (χ1) is 7.13. The highest BCUT2D eigenvalue weighted by molar-refractivity contribution is 5.72. The first-order valence-corrected chi connectivity index (χ1v) is 4.75. The summed E-state index contributed by atoms with van der Waals surface area (Å²) in [5, 5.41) is 18.1. The Balaban J connectivity index is 2.69. The number of aliphatic carboxylic acids is 1. The molecule has 0 spiro atoms. The smallest absolute Gasteiger partial charge is 0.333 e.